The highest BCUT2D eigenvalue weighted by Crippen LogP contribution is 2.42. The highest BCUT2D eigenvalue weighted by molar-refractivity contribution is 4.86. The Hall–Kier alpha value is -0.250. The van der Waals surface area contributed by atoms with Crippen LogP contribution in [0.25, 0.3) is 0 Å². The van der Waals surface area contributed by atoms with Gasteiger partial charge >= 0.3 is 6.18 Å². The van der Waals surface area contributed by atoms with Crippen LogP contribution >= 0.6 is 0 Å². The minimum absolute atomic E-state index is 0.266. The summed E-state index contributed by atoms with van der Waals surface area (Å²) >= 11 is 0. The van der Waals surface area contributed by atoms with Crippen LogP contribution in [0.15, 0.2) is 0 Å². The van der Waals surface area contributed by atoms with E-state index < -0.39 is 12.1 Å². The van der Waals surface area contributed by atoms with Crippen LogP contribution in [0.5, 0.6) is 0 Å². The van der Waals surface area contributed by atoms with E-state index in [1.807, 2.05) is 6.92 Å². The molecule has 0 aliphatic heterocycles. The molecule has 1 fully saturated rings. The summed E-state index contributed by atoms with van der Waals surface area (Å²) in [6.45, 7) is 1.85. The Balaban J connectivity index is 2.69. The molecule has 0 heterocycles. The lowest BCUT2D eigenvalue weighted by molar-refractivity contribution is -0.198. The average molecular weight is 209 g/mol. The van der Waals surface area contributed by atoms with Crippen molar-refractivity contribution >= 4 is 0 Å². The number of hydrogen-bond donors (Lipinski definition) is 1. The van der Waals surface area contributed by atoms with Gasteiger partial charge in [0.1, 0.15) is 0 Å². The van der Waals surface area contributed by atoms with Crippen LogP contribution in [0, 0.1) is 11.8 Å². The summed E-state index contributed by atoms with van der Waals surface area (Å²) in [7, 11) is 0. The fourth-order valence-corrected chi connectivity index (χ4v) is 2.38. The van der Waals surface area contributed by atoms with Crippen molar-refractivity contribution in [3.63, 3.8) is 0 Å². The first-order chi connectivity index (χ1) is 6.46. The number of hydrogen-bond acceptors (Lipinski definition) is 1. The average Bonchev–Trinajstić information content (AvgIpc) is 2.15. The third kappa shape index (κ3) is 2.62. The maximum Gasteiger partial charge on any atom is 0.392 e. The minimum Gasteiger partial charge on any atom is -0.327 e. The van der Waals surface area contributed by atoms with Crippen molar-refractivity contribution in [3.05, 3.63) is 0 Å². The van der Waals surface area contributed by atoms with Gasteiger partial charge in [0.25, 0.3) is 0 Å². The quantitative estimate of drug-likeness (QED) is 0.743. The molecule has 4 heteroatoms. The fraction of sp³-hybridized carbons (Fsp3) is 1.00. The van der Waals surface area contributed by atoms with Crippen molar-refractivity contribution in [2.45, 2.75) is 51.2 Å². The van der Waals surface area contributed by atoms with Gasteiger partial charge in [0.05, 0.1) is 5.92 Å². The topological polar surface area (TPSA) is 26.0 Å². The molecular formula is C10H18F3N. The summed E-state index contributed by atoms with van der Waals surface area (Å²) < 4.78 is 37.9. The zero-order valence-electron chi connectivity index (χ0n) is 8.48. The number of nitrogens with two attached hydrogens (primary N) is 1. The maximum absolute atomic E-state index is 12.6. The lowest BCUT2D eigenvalue weighted by Crippen LogP contribution is -2.42. The molecule has 1 aliphatic rings. The Kier molecular flexibility index (Phi) is 3.81. The van der Waals surface area contributed by atoms with Gasteiger partial charge in [0.2, 0.25) is 0 Å². The number of alkyl halides is 3. The highest BCUT2D eigenvalue weighted by atomic mass is 19.4. The standard InChI is InChI=1S/C10H18F3N/c1-2-9(14)7-5-3-4-6-8(7)10(11,12)13/h7-9H,2-6,14H2,1H3. The van der Waals surface area contributed by atoms with E-state index in [0.717, 1.165) is 6.42 Å². The molecular weight excluding hydrogens is 191 g/mol. The molecule has 0 aromatic rings. The first kappa shape index (κ1) is 11.8. The van der Waals surface area contributed by atoms with Crippen molar-refractivity contribution < 1.29 is 13.2 Å². The molecule has 3 unspecified atom stereocenters. The first-order valence-corrected chi connectivity index (χ1v) is 5.29. The molecule has 1 saturated carbocycles. The van der Waals surface area contributed by atoms with Gasteiger partial charge in [-0.05, 0) is 25.2 Å². The van der Waals surface area contributed by atoms with Crippen LogP contribution < -0.4 is 5.73 Å². The molecule has 1 nitrogen and oxygen atoms in total. The smallest absolute Gasteiger partial charge is 0.327 e. The molecule has 0 spiro atoms. The van der Waals surface area contributed by atoms with Crippen molar-refractivity contribution in [2.75, 3.05) is 0 Å². The van der Waals surface area contributed by atoms with Gasteiger partial charge in [-0.3, -0.25) is 0 Å². The zero-order valence-corrected chi connectivity index (χ0v) is 8.48. The third-order valence-electron chi connectivity index (χ3n) is 3.26. The first-order valence-electron chi connectivity index (χ1n) is 5.29. The predicted molar refractivity (Wildman–Crippen MR) is 49.8 cm³/mol. The Morgan fingerprint density at radius 1 is 1.29 bits per heavy atom. The second-order valence-electron chi connectivity index (χ2n) is 4.17. The molecule has 14 heavy (non-hydrogen) atoms. The SMILES string of the molecule is CCC(N)C1CCCCC1C(F)(F)F. The molecule has 0 saturated heterocycles. The molecule has 0 aromatic heterocycles. The van der Waals surface area contributed by atoms with Gasteiger partial charge in [0.15, 0.2) is 0 Å². The van der Waals surface area contributed by atoms with E-state index in [4.69, 9.17) is 5.73 Å². The predicted octanol–water partition coefficient (Wildman–Crippen LogP) is 3.09. The maximum atomic E-state index is 12.6. The molecule has 2 N–H and O–H groups in total. The van der Waals surface area contributed by atoms with Crippen LogP contribution in [0.2, 0.25) is 0 Å². The van der Waals surface area contributed by atoms with Crippen molar-refractivity contribution in [3.8, 4) is 0 Å². The van der Waals surface area contributed by atoms with E-state index in [2.05, 4.69) is 0 Å². The monoisotopic (exact) mass is 209 g/mol. The molecule has 84 valence electrons. The van der Waals surface area contributed by atoms with E-state index in [1.54, 1.807) is 0 Å². The van der Waals surface area contributed by atoms with Crippen molar-refractivity contribution in [2.24, 2.45) is 17.6 Å². The van der Waals surface area contributed by atoms with Gasteiger partial charge in [-0.2, -0.15) is 13.2 Å². The Morgan fingerprint density at radius 3 is 2.36 bits per heavy atom. The van der Waals surface area contributed by atoms with Crippen LogP contribution in [0.3, 0.4) is 0 Å². The molecule has 0 aromatic carbocycles. The molecule has 1 aliphatic carbocycles. The normalized spacial score (nSPS) is 31.5. The zero-order chi connectivity index (χ0) is 10.8. The molecule has 3 atom stereocenters. The Morgan fingerprint density at radius 2 is 1.86 bits per heavy atom. The lowest BCUT2D eigenvalue weighted by Gasteiger charge is -2.36. The summed E-state index contributed by atoms with van der Waals surface area (Å²) in [5.74, 6) is -1.51. The van der Waals surface area contributed by atoms with E-state index in [1.165, 1.54) is 0 Å². The van der Waals surface area contributed by atoms with Crippen LogP contribution in [-0.2, 0) is 0 Å². The summed E-state index contributed by atoms with van der Waals surface area (Å²) in [5, 5.41) is 0. The van der Waals surface area contributed by atoms with Crippen LogP contribution in [-0.4, -0.2) is 12.2 Å². The van der Waals surface area contributed by atoms with E-state index in [0.29, 0.717) is 19.3 Å². The lowest BCUT2D eigenvalue weighted by atomic mass is 9.74. The van der Waals surface area contributed by atoms with Gasteiger partial charge in [-0.1, -0.05) is 19.8 Å². The Labute approximate surface area is 82.9 Å². The largest absolute Gasteiger partial charge is 0.392 e. The van der Waals surface area contributed by atoms with Gasteiger partial charge in [-0.15, -0.1) is 0 Å². The van der Waals surface area contributed by atoms with Crippen LogP contribution in [0.1, 0.15) is 39.0 Å². The fourth-order valence-electron chi connectivity index (χ4n) is 2.38. The highest BCUT2D eigenvalue weighted by Gasteiger charge is 2.46. The summed E-state index contributed by atoms with van der Waals surface area (Å²) in [5.41, 5.74) is 5.73. The van der Waals surface area contributed by atoms with E-state index in [-0.39, 0.29) is 18.4 Å². The molecule has 0 radical (unpaired) electrons. The van der Waals surface area contributed by atoms with Crippen molar-refractivity contribution in [1.82, 2.24) is 0 Å². The van der Waals surface area contributed by atoms with Gasteiger partial charge < -0.3 is 5.73 Å². The molecule has 0 bridgehead atoms. The summed E-state index contributed by atoms with van der Waals surface area (Å²) in [6.07, 6.45) is -0.932. The molecule has 0 amide bonds. The summed E-state index contributed by atoms with van der Waals surface area (Å²) in [6, 6.07) is -0.290. The van der Waals surface area contributed by atoms with E-state index >= 15 is 0 Å². The second kappa shape index (κ2) is 4.51. The second-order valence-corrected chi connectivity index (χ2v) is 4.17. The minimum atomic E-state index is -4.06. The molecule has 1 rings (SSSR count). The van der Waals surface area contributed by atoms with Crippen molar-refractivity contribution in [1.29, 1.82) is 0 Å². The summed E-state index contributed by atoms with van der Waals surface area (Å²) in [4.78, 5) is 0. The third-order valence-corrected chi connectivity index (χ3v) is 3.26. The Bertz CT molecular complexity index is 179. The van der Waals surface area contributed by atoms with Gasteiger partial charge in [0, 0.05) is 6.04 Å². The number of halogens is 3. The van der Waals surface area contributed by atoms with E-state index in [9.17, 15) is 13.2 Å². The number of rotatable bonds is 2. The van der Waals surface area contributed by atoms with Gasteiger partial charge in [-0.25, -0.2) is 0 Å². The van der Waals surface area contributed by atoms with Crippen LogP contribution in [0.4, 0.5) is 13.2 Å².